The molecule has 0 fully saturated rings. The monoisotopic (exact) mass is 400 g/mol. The number of aromatic nitrogens is 3. The topological polar surface area (TPSA) is 112 Å². The van der Waals surface area contributed by atoms with Crippen LogP contribution in [0, 0.1) is 6.92 Å². The first-order chi connectivity index (χ1) is 13.1. The summed E-state index contributed by atoms with van der Waals surface area (Å²) < 4.78 is 48.2. The molecular weight excluding hydrogens is 385 g/mol. The lowest BCUT2D eigenvalue weighted by atomic mass is 10.2. The molecule has 0 aromatic carbocycles. The number of ether oxygens (including phenoxy) is 2. The smallest absolute Gasteiger partial charge is 0.417 e. The molecule has 0 saturated heterocycles. The molecule has 0 aliphatic heterocycles. The number of halogens is 3. The third-order valence-corrected chi connectivity index (χ3v) is 3.37. The molecule has 2 aromatic heterocycles. The van der Waals surface area contributed by atoms with Crippen LogP contribution in [0.15, 0.2) is 24.5 Å². The van der Waals surface area contributed by atoms with E-state index >= 15 is 0 Å². The summed E-state index contributed by atoms with van der Waals surface area (Å²) in [5, 5.41) is 5.75. The van der Waals surface area contributed by atoms with Gasteiger partial charge in [0.2, 0.25) is 0 Å². The first-order valence-corrected chi connectivity index (χ1v) is 7.85. The average molecular weight is 400 g/mol. The highest BCUT2D eigenvalue weighted by molar-refractivity contribution is 5.95. The van der Waals surface area contributed by atoms with Crippen molar-refractivity contribution in [3.8, 4) is 5.82 Å². The molecule has 28 heavy (non-hydrogen) atoms. The number of carbonyl (C=O) groups excluding carboxylic acids is 3. The summed E-state index contributed by atoms with van der Waals surface area (Å²) in [6, 6.07) is 1.94. The minimum absolute atomic E-state index is 0.0226. The minimum atomic E-state index is -4.52. The number of esters is 1. The van der Waals surface area contributed by atoms with E-state index in [0.717, 1.165) is 23.0 Å². The van der Waals surface area contributed by atoms with Gasteiger partial charge < -0.3 is 9.47 Å². The van der Waals surface area contributed by atoms with Gasteiger partial charge in [0.25, 0.3) is 5.91 Å². The lowest BCUT2D eigenvalue weighted by molar-refractivity contribution is -0.137. The van der Waals surface area contributed by atoms with Crippen LogP contribution in [0.2, 0.25) is 0 Å². The van der Waals surface area contributed by atoms with Crippen LogP contribution in [0.3, 0.4) is 0 Å². The molecule has 2 heterocycles. The molecule has 0 spiro atoms. The zero-order valence-corrected chi connectivity index (χ0v) is 14.7. The van der Waals surface area contributed by atoms with E-state index in [1.165, 1.54) is 6.92 Å². The van der Waals surface area contributed by atoms with Gasteiger partial charge >= 0.3 is 18.2 Å². The second kappa shape index (κ2) is 8.50. The molecule has 0 bridgehead atoms. The summed E-state index contributed by atoms with van der Waals surface area (Å²) >= 11 is 0. The number of hydrogen-bond acceptors (Lipinski definition) is 7. The molecule has 150 valence electrons. The molecule has 0 aliphatic carbocycles. The molecule has 2 aromatic rings. The van der Waals surface area contributed by atoms with Crippen LogP contribution >= 0.6 is 0 Å². The standard InChI is InChI=1S/C16H15F3N4O5/c1-3-27-15(26)22-13(24)8-28-14(25)11-7-21-23(9(11)2)12-5-4-10(6-20-12)16(17,18)19/h4-7H,3,8H2,1-2H3,(H,22,24,26). The van der Waals surface area contributed by atoms with Gasteiger partial charge in [-0.15, -0.1) is 0 Å². The number of carbonyl (C=O) groups is 3. The molecule has 0 aliphatic rings. The van der Waals surface area contributed by atoms with Crippen LogP contribution in [0.5, 0.6) is 0 Å². The molecule has 0 radical (unpaired) electrons. The highest BCUT2D eigenvalue weighted by atomic mass is 19.4. The van der Waals surface area contributed by atoms with Crippen LogP contribution in [-0.4, -0.2) is 45.9 Å². The summed E-state index contributed by atoms with van der Waals surface area (Å²) in [5.41, 5.74) is -0.706. The van der Waals surface area contributed by atoms with Crippen molar-refractivity contribution in [2.45, 2.75) is 20.0 Å². The quantitative estimate of drug-likeness (QED) is 0.764. The van der Waals surface area contributed by atoms with Gasteiger partial charge in [-0.1, -0.05) is 0 Å². The third kappa shape index (κ3) is 5.05. The predicted octanol–water partition coefficient (Wildman–Crippen LogP) is 2.02. The fraction of sp³-hybridized carbons (Fsp3) is 0.312. The van der Waals surface area contributed by atoms with Crippen molar-refractivity contribution < 1.29 is 37.0 Å². The van der Waals surface area contributed by atoms with Crippen molar-refractivity contribution in [2.24, 2.45) is 0 Å². The van der Waals surface area contributed by atoms with Crippen molar-refractivity contribution in [1.82, 2.24) is 20.1 Å². The van der Waals surface area contributed by atoms with Gasteiger partial charge in [0.05, 0.1) is 24.1 Å². The van der Waals surface area contributed by atoms with Crippen LogP contribution in [-0.2, 0) is 20.4 Å². The summed E-state index contributed by atoms with van der Waals surface area (Å²) in [6.07, 6.45) is -3.72. The SMILES string of the molecule is CCOC(=O)NC(=O)COC(=O)c1cnn(-c2ccc(C(F)(F)F)cn2)c1C. The van der Waals surface area contributed by atoms with Crippen LogP contribution < -0.4 is 5.32 Å². The van der Waals surface area contributed by atoms with E-state index < -0.39 is 36.3 Å². The summed E-state index contributed by atoms with van der Waals surface area (Å²) in [6.45, 7) is 2.35. The molecule has 9 nitrogen and oxygen atoms in total. The Hall–Kier alpha value is -3.44. The second-order valence-electron chi connectivity index (χ2n) is 5.30. The number of hydrogen-bond donors (Lipinski definition) is 1. The Kier molecular flexibility index (Phi) is 6.33. The zero-order valence-electron chi connectivity index (χ0n) is 14.7. The van der Waals surface area contributed by atoms with E-state index in [2.05, 4.69) is 14.8 Å². The molecule has 0 saturated carbocycles. The van der Waals surface area contributed by atoms with Gasteiger partial charge in [-0.3, -0.25) is 10.1 Å². The fourth-order valence-electron chi connectivity index (χ4n) is 2.05. The number of imide groups is 1. The van der Waals surface area contributed by atoms with Crippen molar-refractivity contribution in [1.29, 1.82) is 0 Å². The number of nitrogens with one attached hydrogen (secondary N) is 1. The Bertz CT molecular complexity index is 877. The fourth-order valence-corrected chi connectivity index (χ4v) is 2.05. The summed E-state index contributed by atoms with van der Waals surface area (Å²) in [4.78, 5) is 38.3. The molecular formula is C16H15F3N4O5. The molecule has 2 rings (SSSR count). The van der Waals surface area contributed by atoms with Crippen LogP contribution in [0.25, 0.3) is 5.82 Å². The minimum Gasteiger partial charge on any atom is -0.452 e. The van der Waals surface area contributed by atoms with Gasteiger partial charge in [0, 0.05) is 6.20 Å². The first-order valence-electron chi connectivity index (χ1n) is 7.85. The lowest BCUT2D eigenvalue weighted by Crippen LogP contribution is -2.34. The van der Waals surface area contributed by atoms with E-state index in [-0.39, 0.29) is 23.7 Å². The van der Waals surface area contributed by atoms with E-state index in [9.17, 15) is 27.6 Å². The van der Waals surface area contributed by atoms with Crippen LogP contribution in [0.4, 0.5) is 18.0 Å². The largest absolute Gasteiger partial charge is 0.452 e. The maximum Gasteiger partial charge on any atom is 0.417 e. The molecule has 12 heteroatoms. The Morgan fingerprint density at radius 3 is 2.46 bits per heavy atom. The van der Waals surface area contributed by atoms with Crippen molar-refractivity contribution in [3.05, 3.63) is 41.3 Å². The van der Waals surface area contributed by atoms with Crippen molar-refractivity contribution in [3.63, 3.8) is 0 Å². The third-order valence-electron chi connectivity index (χ3n) is 3.37. The van der Waals surface area contributed by atoms with Gasteiger partial charge in [-0.2, -0.15) is 18.3 Å². The van der Waals surface area contributed by atoms with E-state index in [1.807, 2.05) is 5.32 Å². The maximum atomic E-state index is 12.6. The number of pyridine rings is 1. The number of alkyl halides is 3. The van der Waals surface area contributed by atoms with E-state index in [0.29, 0.717) is 6.20 Å². The van der Waals surface area contributed by atoms with Crippen molar-refractivity contribution >= 4 is 18.0 Å². The van der Waals surface area contributed by atoms with Crippen molar-refractivity contribution in [2.75, 3.05) is 13.2 Å². The number of amides is 2. The maximum absolute atomic E-state index is 12.6. The number of rotatable bonds is 5. The Balaban J connectivity index is 2.05. The highest BCUT2D eigenvalue weighted by Gasteiger charge is 2.31. The Morgan fingerprint density at radius 2 is 1.89 bits per heavy atom. The van der Waals surface area contributed by atoms with Gasteiger partial charge in [0.15, 0.2) is 12.4 Å². The first kappa shape index (κ1) is 20.9. The van der Waals surface area contributed by atoms with Gasteiger partial charge in [-0.05, 0) is 26.0 Å². The molecule has 0 unspecified atom stereocenters. The molecule has 0 atom stereocenters. The lowest BCUT2D eigenvalue weighted by Gasteiger charge is -2.08. The Labute approximate surface area is 156 Å². The summed E-state index contributed by atoms with van der Waals surface area (Å²) in [7, 11) is 0. The normalized spacial score (nSPS) is 11.0. The van der Waals surface area contributed by atoms with E-state index in [1.54, 1.807) is 6.92 Å². The molecule has 1 N–H and O–H groups in total. The second-order valence-corrected chi connectivity index (χ2v) is 5.30. The average Bonchev–Trinajstić information content (AvgIpc) is 3.00. The van der Waals surface area contributed by atoms with Gasteiger partial charge in [-0.25, -0.2) is 19.3 Å². The van der Waals surface area contributed by atoms with Gasteiger partial charge in [0.1, 0.15) is 5.56 Å². The highest BCUT2D eigenvalue weighted by Crippen LogP contribution is 2.28. The summed E-state index contributed by atoms with van der Waals surface area (Å²) in [5.74, 6) is -1.74. The zero-order chi connectivity index (χ0) is 20.9. The Morgan fingerprint density at radius 1 is 1.18 bits per heavy atom. The van der Waals surface area contributed by atoms with E-state index in [4.69, 9.17) is 4.74 Å². The van der Waals surface area contributed by atoms with Crippen LogP contribution in [0.1, 0.15) is 28.5 Å². The molecule has 2 amide bonds. The number of nitrogens with zero attached hydrogens (tertiary/aromatic N) is 3. The number of alkyl carbamates (subject to hydrolysis) is 1. The predicted molar refractivity (Wildman–Crippen MR) is 86.5 cm³/mol.